The number of allylic oxidation sites excluding steroid dienone is 2. The van der Waals surface area contributed by atoms with E-state index < -0.39 is 40.3 Å². The minimum absolute atomic E-state index is 0.115. The molecule has 0 amide bonds. The second kappa shape index (κ2) is 7.99. The third-order valence-corrected chi connectivity index (χ3v) is 10.0. The summed E-state index contributed by atoms with van der Waals surface area (Å²) in [4.78, 5) is 13.2. The number of ketones is 1. The maximum absolute atomic E-state index is 13.2. The van der Waals surface area contributed by atoms with Gasteiger partial charge >= 0.3 is 0 Å². The third kappa shape index (κ3) is 3.51. The third-order valence-electron chi connectivity index (χ3n) is 10.0. The van der Waals surface area contributed by atoms with Crippen molar-refractivity contribution in [1.82, 2.24) is 0 Å². The first-order valence-electron chi connectivity index (χ1n) is 12.7. The van der Waals surface area contributed by atoms with Gasteiger partial charge < -0.3 is 25.5 Å². The van der Waals surface area contributed by atoms with E-state index in [1.54, 1.807) is 13.0 Å². The summed E-state index contributed by atoms with van der Waals surface area (Å²) in [5, 5.41) is 55.2. The molecule has 2 fully saturated rings. The van der Waals surface area contributed by atoms with E-state index in [0.29, 0.717) is 49.2 Å². The van der Waals surface area contributed by atoms with Crippen LogP contribution in [0.3, 0.4) is 0 Å². The summed E-state index contributed by atoms with van der Waals surface area (Å²) in [5.74, 6) is -0.207. The molecule has 6 heteroatoms. The van der Waals surface area contributed by atoms with E-state index in [2.05, 4.69) is 13.8 Å². The van der Waals surface area contributed by atoms with E-state index in [1.807, 2.05) is 13.8 Å². The van der Waals surface area contributed by atoms with Crippen molar-refractivity contribution in [1.29, 1.82) is 0 Å². The van der Waals surface area contributed by atoms with Crippen LogP contribution in [0.1, 0.15) is 79.6 Å². The summed E-state index contributed by atoms with van der Waals surface area (Å²) >= 11 is 0. The molecule has 0 spiro atoms. The molecule has 0 aromatic rings. The van der Waals surface area contributed by atoms with Gasteiger partial charge in [-0.25, -0.2) is 0 Å². The van der Waals surface area contributed by atoms with E-state index in [1.165, 1.54) is 6.08 Å². The number of carbonyl (C=O) groups is 1. The molecule has 4 rings (SSSR count). The summed E-state index contributed by atoms with van der Waals surface area (Å²) in [5.41, 5.74) is -2.68. The number of aliphatic hydroxyl groups is 5. The summed E-state index contributed by atoms with van der Waals surface area (Å²) < 4.78 is 0. The Labute approximate surface area is 197 Å². The van der Waals surface area contributed by atoms with Crippen LogP contribution >= 0.6 is 0 Å². The van der Waals surface area contributed by atoms with Gasteiger partial charge in [0.15, 0.2) is 5.78 Å². The number of hydrogen-bond donors (Lipinski definition) is 5. The van der Waals surface area contributed by atoms with Gasteiger partial charge in [-0.15, -0.1) is 0 Å². The number of hydrogen-bond acceptors (Lipinski definition) is 6. The first-order valence-corrected chi connectivity index (χ1v) is 12.7. The molecule has 9 atom stereocenters. The molecule has 0 radical (unpaired) electrons. The predicted octanol–water partition coefficient (Wildman–Crippen LogP) is 2.66. The zero-order valence-corrected chi connectivity index (χ0v) is 20.7. The Kier molecular flexibility index (Phi) is 6.07. The van der Waals surface area contributed by atoms with Crippen LogP contribution in [0, 0.1) is 28.6 Å². The van der Waals surface area contributed by atoms with Gasteiger partial charge in [-0.1, -0.05) is 27.7 Å². The van der Waals surface area contributed by atoms with Crippen LogP contribution in [-0.2, 0) is 4.79 Å². The maximum atomic E-state index is 13.2. The Morgan fingerprint density at radius 1 is 1.15 bits per heavy atom. The molecule has 6 nitrogen and oxygen atoms in total. The van der Waals surface area contributed by atoms with Crippen LogP contribution in [0.4, 0.5) is 0 Å². The summed E-state index contributed by atoms with van der Waals surface area (Å²) in [6.07, 6.45) is 4.13. The van der Waals surface area contributed by atoms with Gasteiger partial charge in [0.25, 0.3) is 0 Å². The monoisotopic (exact) mass is 462 g/mol. The topological polar surface area (TPSA) is 118 Å². The first kappa shape index (κ1) is 25.1. The highest BCUT2D eigenvalue weighted by molar-refractivity contribution is 6.07. The van der Waals surface area contributed by atoms with Gasteiger partial charge in [-0.3, -0.25) is 4.79 Å². The van der Waals surface area contributed by atoms with Crippen molar-refractivity contribution in [3.05, 3.63) is 23.3 Å². The Morgan fingerprint density at radius 3 is 2.45 bits per heavy atom. The largest absolute Gasteiger partial charge is 0.390 e. The van der Waals surface area contributed by atoms with Crippen LogP contribution in [0.25, 0.3) is 0 Å². The maximum Gasteiger partial charge on any atom is 0.182 e. The average Bonchev–Trinajstić information content (AvgIpc) is 3.00. The number of aliphatic hydroxyl groups excluding tert-OH is 3. The van der Waals surface area contributed by atoms with Gasteiger partial charge in [0.1, 0.15) is 0 Å². The van der Waals surface area contributed by atoms with Crippen molar-refractivity contribution in [2.45, 2.75) is 109 Å². The molecule has 33 heavy (non-hydrogen) atoms. The van der Waals surface area contributed by atoms with Crippen LogP contribution in [0.5, 0.6) is 0 Å². The highest BCUT2D eigenvalue weighted by Crippen LogP contribution is 2.68. The molecular formula is C27H42O6. The SMILES string of the molecule is CC(C)CC[C@@H](O)[C@](C)(O)[C@H]1CC[C@@]2(O)C3=CC(=O)C4=C[C@H](O)[C@@H](O)C[C@]4(C)[C@H]3CC[C@]12C. The first-order chi connectivity index (χ1) is 15.2. The lowest BCUT2D eigenvalue weighted by Gasteiger charge is -2.59. The van der Waals surface area contributed by atoms with Gasteiger partial charge in [-0.2, -0.15) is 0 Å². The van der Waals surface area contributed by atoms with E-state index >= 15 is 0 Å². The van der Waals surface area contributed by atoms with Crippen molar-refractivity contribution in [3.8, 4) is 0 Å². The molecule has 0 aliphatic heterocycles. The van der Waals surface area contributed by atoms with E-state index in [4.69, 9.17) is 0 Å². The van der Waals surface area contributed by atoms with Crippen LogP contribution < -0.4 is 0 Å². The lowest BCUT2D eigenvalue weighted by molar-refractivity contribution is -0.167. The van der Waals surface area contributed by atoms with Crippen molar-refractivity contribution in [2.75, 3.05) is 0 Å². The molecular weight excluding hydrogens is 420 g/mol. The molecule has 0 heterocycles. The zero-order chi connectivity index (χ0) is 24.6. The lowest BCUT2D eigenvalue weighted by Crippen LogP contribution is -2.61. The summed E-state index contributed by atoms with van der Waals surface area (Å²) in [6.45, 7) is 9.86. The van der Waals surface area contributed by atoms with E-state index in [0.717, 1.165) is 6.42 Å². The van der Waals surface area contributed by atoms with Crippen molar-refractivity contribution in [3.63, 3.8) is 0 Å². The summed E-state index contributed by atoms with van der Waals surface area (Å²) in [7, 11) is 0. The van der Waals surface area contributed by atoms with Crippen molar-refractivity contribution in [2.24, 2.45) is 28.6 Å². The fourth-order valence-corrected chi connectivity index (χ4v) is 7.87. The molecule has 0 saturated heterocycles. The minimum Gasteiger partial charge on any atom is -0.390 e. The Bertz CT molecular complexity index is 874. The van der Waals surface area contributed by atoms with Crippen molar-refractivity contribution >= 4 is 5.78 Å². The molecule has 186 valence electrons. The molecule has 0 aromatic carbocycles. The average molecular weight is 463 g/mol. The smallest absolute Gasteiger partial charge is 0.182 e. The molecule has 2 saturated carbocycles. The fourth-order valence-electron chi connectivity index (χ4n) is 7.87. The molecule has 0 aromatic heterocycles. The number of fused-ring (bicyclic) bond motifs is 5. The molecule has 4 aliphatic carbocycles. The van der Waals surface area contributed by atoms with Gasteiger partial charge in [-0.05, 0) is 87.3 Å². The van der Waals surface area contributed by atoms with Gasteiger partial charge in [0, 0.05) is 16.4 Å². The second-order valence-electron chi connectivity index (χ2n) is 12.4. The van der Waals surface area contributed by atoms with Gasteiger partial charge in [0.05, 0.1) is 29.5 Å². The van der Waals surface area contributed by atoms with Crippen molar-refractivity contribution < 1.29 is 30.3 Å². The lowest BCUT2D eigenvalue weighted by atomic mass is 9.47. The second-order valence-corrected chi connectivity index (χ2v) is 12.4. The minimum atomic E-state index is -1.35. The highest BCUT2D eigenvalue weighted by atomic mass is 16.3. The quantitative estimate of drug-likeness (QED) is 0.429. The van der Waals surface area contributed by atoms with Crippen LogP contribution in [0.15, 0.2) is 23.3 Å². The van der Waals surface area contributed by atoms with Crippen LogP contribution in [0.2, 0.25) is 0 Å². The standard InChI is InChI=1S/C27H42O6/c1-15(2)6-7-23(31)26(5,32)22-9-11-27(33)17-12-19(28)18-13-20(29)21(30)14-24(18,3)16(17)8-10-25(22,27)4/h12-13,15-16,20-23,29-33H,6-11,14H2,1-5H3/t16-,20-,21-,22-,23+,24+,25+,26+,27+/m0/s1. The number of carbonyl (C=O) groups excluding carboxylic acids is 1. The van der Waals surface area contributed by atoms with E-state index in [-0.39, 0.29) is 24.0 Å². The molecule has 5 N–H and O–H groups in total. The predicted molar refractivity (Wildman–Crippen MR) is 125 cm³/mol. The normalized spacial score (nSPS) is 45.5. The zero-order valence-electron chi connectivity index (χ0n) is 20.7. The van der Waals surface area contributed by atoms with Crippen LogP contribution in [-0.4, -0.2) is 60.8 Å². The summed E-state index contributed by atoms with van der Waals surface area (Å²) in [6, 6.07) is 0. The molecule has 0 unspecified atom stereocenters. The molecule has 4 aliphatic rings. The van der Waals surface area contributed by atoms with E-state index in [9.17, 15) is 30.3 Å². The Hall–Kier alpha value is -1.05. The number of rotatable bonds is 5. The Morgan fingerprint density at radius 2 is 1.82 bits per heavy atom. The fraction of sp³-hybridized carbons (Fsp3) is 0.815. The van der Waals surface area contributed by atoms with Gasteiger partial charge in [0.2, 0.25) is 0 Å². The Balaban J connectivity index is 1.70. The molecule has 0 bridgehead atoms. The highest BCUT2D eigenvalue weighted by Gasteiger charge is 2.68.